The van der Waals surface area contributed by atoms with Gasteiger partial charge >= 0.3 is 25.8 Å². The lowest BCUT2D eigenvalue weighted by Gasteiger charge is -2.13. The molecule has 26 heavy (non-hydrogen) atoms. The Morgan fingerprint density at radius 2 is 1.81 bits per heavy atom. The van der Waals surface area contributed by atoms with Gasteiger partial charge in [-0.2, -0.15) is 13.2 Å². The highest BCUT2D eigenvalue weighted by molar-refractivity contribution is 7.51. The monoisotopic (exact) mass is 401 g/mol. The molecule has 9 nitrogen and oxygen atoms in total. The maximum Gasteiger partial charge on any atom is 0.416 e. The molecule has 1 aromatic carbocycles. The molecule has 0 saturated carbocycles. The Morgan fingerprint density at radius 3 is 2.23 bits per heavy atom. The summed E-state index contributed by atoms with van der Waals surface area (Å²) in [5.41, 5.74) is -0.669. The van der Waals surface area contributed by atoms with Gasteiger partial charge in [0.25, 0.3) is 0 Å². The zero-order valence-electron chi connectivity index (χ0n) is 13.8. The average Bonchev–Trinajstić information content (AvgIpc) is 2.45. The first kappa shape index (κ1) is 23.9. The molecule has 5 N–H and O–H groups in total. The fourth-order valence-electron chi connectivity index (χ4n) is 1.32. The molecule has 0 bridgehead atoms. The number of hydrogen-bond acceptors (Lipinski definition) is 4. The highest BCUT2D eigenvalue weighted by atomic mass is 31.2. The van der Waals surface area contributed by atoms with Crippen LogP contribution in [0, 0.1) is 0 Å². The topological polar surface area (TPSA) is 139 Å². The first-order valence-corrected chi connectivity index (χ1v) is 8.65. The van der Waals surface area contributed by atoms with Gasteiger partial charge < -0.3 is 25.1 Å². The quantitative estimate of drug-likeness (QED) is 0.472. The molecule has 0 fully saturated rings. The Labute approximate surface area is 147 Å². The summed E-state index contributed by atoms with van der Waals surface area (Å²) in [6.07, 6.45) is -5.00. The van der Waals surface area contributed by atoms with Gasteiger partial charge in [0, 0.05) is 19.8 Å². The predicted molar refractivity (Wildman–Crippen MR) is 86.7 cm³/mol. The number of halogens is 3. The third kappa shape index (κ3) is 11.4. The number of alkyl halides is 3. The van der Waals surface area contributed by atoms with E-state index in [4.69, 9.17) is 14.9 Å². The number of carboxylic acid groups (broad SMARTS) is 1. The van der Waals surface area contributed by atoms with E-state index in [2.05, 4.69) is 10.6 Å². The van der Waals surface area contributed by atoms with Crippen LogP contribution in [0.25, 0.3) is 0 Å². The Bertz CT molecular complexity index is 663. The Morgan fingerprint density at radius 1 is 1.23 bits per heavy atom. The van der Waals surface area contributed by atoms with Crippen molar-refractivity contribution in [3.05, 3.63) is 29.8 Å². The van der Waals surface area contributed by atoms with E-state index < -0.39 is 44.2 Å². The van der Waals surface area contributed by atoms with Gasteiger partial charge in [0.05, 0.1) is 18.4 Å². The fraction of sp³-hybridized carbons (Fsp3) is 0.385. The summed E-state index contributed by atoms with van der Waals surface area (Å²) < 4.78 is 47.1. The van der Waals surface area contributed by atoms with Crippen molar-refractivity contribution in [2.75, 3.05) is 32.2 Å². The SMILES string of the molecule is CN(C)C(=O)Nc1cccc(C(F)(F)F)c1.O=C(O)CNCP(=O)(O)O. The van der Waals surface area contributed by atoms with E-state index in [1.807, 2.05) is 0 Å². The molecular weight excluding hydrogens is 382 g/mol. The lowest BCUT2D eigenvalue weighted by atomic mass is 10.2. The molecular formula is C13H19F3N3O6P. The van der Waals surface area contributed by atoms with Crippen molar-refractivity contribution < 1.29 is 42.2 Å². The molecule has 0 atom stereocenters. The number of urea groups is 1. The number of hydrogen-bond donors (Lipinski definition) is 5. The molecule has 1 aromatic rings. The summed E-state index contributed by atoms with van der Waals surface area (Å²) in [6, 6.07) is 4.01. The fourth-order valence-corrected chi connectivity index (χ4v) is 1.72. The summed E-state index contributed by atoms with van der Waals surface area (Å²) >= 11 is 0. The van der Waals surface area contributed by atoms with Crippen molar-refractivity contribution in [1.29, 1.82) is 0 Å². The van der Waals surface area contributed by atoms with Crippen LogP contribution in [-0.4, -0.2) is 58.7 Å². The molecule has 148 valence electrons. The molecule has 0 radical (unpaired) electrons. The van der Waals surface area contributed by atoms with Crippen LogP contribution in [0.4, 0.5) is 23.7 Å². The van der Waals surface area contributed by atoms with Crippen LogP contribution in [0.2, 0.25) is 0 Å². The number of anilines is 1. The Kier molecular flexibility index (Phi) is 9.28. The Balaban J connectivity index is 0.000000541. The number of carbonyl (C=O) groups excluding carboxylic acids is 1. The van der Waals surface area contributed by atoms with Crippen molar-refractivity contribution in [1.82, 2.24) is 10.2 Å². The van der Waals surface area contributed by atoms with E-state index in [-0.39, 0.29) is 5.69 Å². The number of aliphatic carboxylic acids is 1. The van der Waals surface area contributed by atoms with Gasteiger partial charge in [0.15, 0.2) is 0 Å². The maximum atomic E-state index is 12.3. The van der Waals surface area contributed by atoms with E-state index in [0.29, 0.717) is 0 Å². The van der Waals surface area contributed by atoms with Gasteiger partial charge in [-0.1, -0.05) is 6.07 Å². The highest BCUT2D eigenvalue weighted by Gasteiger charge is 2.30. The van der Waals surface area contributed by atoms with Crippen molar-refractivity contribution in [3.63, 3.8) is 0 Å². The molecule has 0 aromatic heterocycles. The third-order valence-electron chi connectivity index (χ3n) is 2.44. The number of carboxylic acids is 1. The minimum absolute atomic E-state index is 0.119. The second kappa shape index (κ2) is 10.1. The molecule has 0 aliphatic rings. The van der Waals surface area contributed by atoms with Crippen LogP contribution in [0.3, 0.4) is 0 Å². The third-order valence-corrected chi connectivity index (χ3v) is 3.08. The summed E-state index contributed by atoms with van der Waals surface area (Å²) in [7, 11) is -1.09. The highest BCUT2D eigenvalue weighted by Crippen LogP contribution is 2.32. The number of carbonyl (C=O) groups is 2. The molecule has 0 heterocycles. The van der Waals surface area contributed by atoms with Gasteiger partial charge in [-0.3, -0.25) is 14.7 Å². The first-order valence-electron chi connectivity index (χ1n) is 6.85. The van der Waals surface area contributed by atoms with Crippen molar-refractivity contribution >= 4 is 25.3 Å². The van der Waals surface area contributed by atoms with Crippen molar-refractivity contribution in [2.45, 2.75) is 6.18 Å². The molecule has 2 amide bonds. The van der Waals surface area contributed by atoms with Gasteiger partial charge in [0.2, 0.25) is 0 Å². The van der Waals surface area contributed by atoms with Crippen LogP contribution < -0.4 is 10.6 Å². The summed E-state index contributed by atoms with van der Waals surface area (Å²) in [6.45, 7) is -0.439. The normalized spacial score (nSPS) is 11.2. The van der Waals surface area contributed by atoms with Crippen LogP contribution in [-0.2, 0) is 15.5 Å². The Hall–Kier alpha value is -2.14. The average molecular weight is 401 g/mol. The van der Waals surface area contributed by atoms with E-state index in [0.717, 1.165) is 12.1 Å². The summed E-state index contributed by atoms with van der Waals surface area (Å²) in [4.78, 5) is 38.6. The predicted octanol–water partition coefficient (Wildman–Crippen LogP) is 1.59. The van der Waals surface area contributed by atoms with Gasteiger partial charge in [-0.15, -0.1) is 0 Å². The van der Waals surface area contributed by atoms with E-state index in [1.54, 1.807) is 0 Å². The van der Waals surface area contributed by atoms with E-state index in [9.17, 15) is 27.3 Å². The number of nitrogens with zero attached hydrogens (tertiary/aromatic N) is 1. The second-order valence-electron chi connectivity index (χ2n) is 5.05. The van der Waals surface area contributed by atoms with Crippen LogP contribution in [0.1, 0.15) is 5.56 Å². The van der Waals surface area contributed by atoms with Crippen LogP contribution >= 0.6 is 7.60 Å². The van der Waals surface area contributed by atoms with Crippen molar-refractivity contribution in [2.24, 2.45) is 0 Å². The van der Waals surface area contributed by atoms with Crippen LogP contribution in [0.5, 0.6) is 0 Å². The molecule has 0 unspecified atom stereocenters. The number of nitrogens with one attached hydrogen (secondary N) is 2. The van der Waals surface area contributed by atoms with Gasteiger partial charge in [-0.05, 0) is 18.2 Å². The molecule has 0 saturated heterocycles. The second-order valence-corrected chi connectivity index (χ2v) is 6.69. The summed E-state index contributed by atoms with van der Waals surface area (Å²) in [5.74, 6) is -1.14. The van der Waals surface area contributed by atoms with Gasteiger partial charge in [-0.25, -0.2) is 4.79 Å². The zero-order valence-corrected chi connectivity index (χ0v) is 14.7. The lowest BCUT2D eigenvalue weighted by Crippen LogP contribution is -2.27. The van der Waals surface area contributed by atoms with E-state index in [1.165, 1.54) is 31.1 Å². The molecule has 0 aliphatic heterocycles. The molecule has 0 spiro atoms. The van der Waals surface area contributed by atoms with E-state index >= 15 is 0 Å². The number of rotatable bonds is 5. The standard InChI is InChI=1S/C10H11F3N2O.C3H8NO5P/c1-15(2)9(16)14-8-5-3-4-7(6-8)10(11,12)13;5-3(6)1-4-2-10(7,8)9/h3-6H,1-2H3,(H,14,16);4H,1-2H2,(H,5,6)(H2,7,8,9). The largest absolute Gasteiger partial charge is 0.480 e. The first-order chi connectivity index (χ1) is 11.7. The minimum Gasteiger partial charge on any atom is -0.480 e. The van der Waals surface area contributed by atoms with Crippen LogP contribution in [0.15, 0.2) is 24.3 Å². The number of benzene rings is 1. The van der Waals surface area contributed by atoms with Gasteiger partial charge in [0.1, 0.15) is 0 Å². The molecule has 1 rings (SSSR count). The maximum absolute atomic E-state index is 12.3. The minimum atomic E-state index is -4.40. The number of amides is 2. The molecule has 13 heteroatoms. The molecule has 0 aliphatic carbocycles. The lowest BCUT2D eigenvalue weighted by molar-refractivity contribution is -0.138. The zero-order chi connectivity index (χ0) is 20.5. The smallest absolute Gasteiger partial charge is 0.416 e. The summed E-state index contributed by atoms with van der Waals surface area (Å²) in [5, 5.41) is 12.4. The van der Waals surface area contributed by atoms with Crippen molar-refractivity contribution in [3.8, 4) is 0 Å².